The van der Waals surface area contributed by atoms with Crippen LogP contribution in [0.3, 0.4) is 0 Å². The van der Waals surface area contributed by atoms with Crippen LogP contribution < -0.4 is 5.73 Å². The van der Waals surface area contributed by atoms with Crippen molar-refractivity contribution < 1.29 is 0 Å². The van der Waals surface area contributed by atoms with Gasteiger partial charge in [0.15, 0.2) is 0 Å². The summed E-state index contributed by atoms with van der Waals surface area (Å²) in [5, 5.41) is 2.43. The van der Waals surface area contributed by atoms with Crippen molar-refractivity contribution in [3.8, 4) is 0 Å². The average Bonchev–Trinajstić information content (AvgIpc) is 2.46. The van der Waals surface area contributed by atoms with Gasteiger partial charge in [-0.15, -0.1) is 0 Å². The Morgan fingerprint density at radius 2 is 1.60 bits per heavy atom. The Morgan fingerprint density at radius 3 is 2.40 bits per heavy atom. The molecule has 0 amide bonds. The first-order chi connectivity index (χ1) is 9.59. The number of benzene rings is 3. The number of halogens is 1. The highest BCUT2D eigenvalue weighted by Gasteiger charge is 2.25. The molecule has 0 aliphatic rings. The summed E-state index contributed by atoms with van der Waals surface area (Å²) in [6.45, 7) is 2.07. The molecule has 1 atom stereocenters. The molecule has 100 valence electrons. The second-order valence-corrected chi connectivity index (χ2v) is 6.16. The van der Waals surface area contributed by atoms with Crippen LogP contribution in [-0.4, -0.2) is 0 Å². The van der Waals surface area contributed by atoms with E-state index >= 15 is 0 Å². The van der Waals surface area contributed by atoms with Gasteiger partial charge in [0.25, 0.3) is 0 Å². The van der Waals surface area contributed by atoms with Crippen LogP contribution >= 0.6 is 15.9 Å². The largest absolute Gasteiger partial charge is 0.318 e. The number of rotatable bonds is 2. The lowest BCUT2D eigenvalue weighted by atomic mass is 9.83. The summed E-state index contributed by atoms with van der Waals surface area (Å²) in [5.74, 6) is 0. The van der Waals surface area contributed by atoms with Gasteiger partial charge in [0.1, 0.15) is 0 Å². The van der Waals surface area contributed by atoms with Crippen LogP contribution in [0.4, 0.5) is 0 Å². The Balaban J connectivity index is 2.23. The van der Waals surface area contributed by atoms with E-state index < -0.39 is 5.54 Å². The van der Waals surface area contributed by atoms with E-state index in [0.717, 1.165) is 15.6 Å². The first kappa shape index (κ1) is 13.3. The topological polar surface area (TPSA) is 26.0 Å². The molecule has 0 heterocycles. The maximum atomic E-state index is 6.67. The number of nitrogens with two attached hydrogens (primary N) is 1. The summed E-state index contributed by atoms with van der Waals surface area (Å²) in [5.41, 5.74) is 8.40. The molecule has 0 spiro atoms. The molecule has 0 aliphatic carbocycles. The van der Waals surface area contributed by atoms with Crippen molar-refractivity contribution >= 4 is 26.7 Å². The lowest BCUT2D eigenvalue weighted by molar-refractivity contribution is 0.608. The Kier molecular flexibility index (Phi) is 3.36. The number of fused-ring (bicyclic) bond motifs is 1. The van der Waals surface area contributed by atoms with E-state index in [1.807, 2.05) is 12.1 Å². The normalized spacial score (nSPS) is 14.2. The molecule has 0 fully saturated rings. The van der Waals surface area contributed by atoms with E-state index in [-0.39, 0.29) is 0 Å². The Labute approximate surface area is 127 Å². The fraction of sp³-hybridized carbons (Fsp3) is 0.111. The van der Waals surface area contributed by atoms with Gasteiger partial charge < -0.3 is 5.73 Å². The lowest BCUT2D eigenvalue weighted by Crippen LogP contribution is -2.34. The number of hydrogen-bond donors (Lipinski definition) is 1. The van der Waals surface area contributed by atoms with Crippen LogP contribution in [0, 0.1) is 0 Å². The zero-order valence-corrected chi connectivity index (χ0v) is 12.9. The lowest BCUT2D eigenvalue weighted by Gasteiger charge is -2.27. The molecule has 0 aromatic heterocycles. The van der Waals surface area contributed by atoms with Crippen molar-refractivity contribution in [2.45, 2.75) is 12.5 Å². The average molecular weight is 326 g/mol. The van der Waals surface area contributed by atoms with E-state index in [2.05, 4.69) is 77.5 Å². The fourth-order valence-corrected chi connectivity index (χ4v) is 3.04. The Hall–Kier alpha value is -1.64. The highest BCUT2D eigenvalue weighted by atomic mass is 79.9. The minimum absolute atomic E-state index is 0.523. The molecule has 2 heteroatoms. The van der Waals surface area contributed by atoms with Gasteiger partial charge >= 0.3 is 0 Å². The van der Waals surface area contributed by atoms with Crippen LogP contribution in [0.5, 0.6) is 0 Å². The monoisotopic (exact) mass is 325 g/mol. The summed E-state index contributed by atoms with van der Waals surface area (Å²) in [6.07, 6.45) is 0. The van der Waals surface area contributed by atoms with E-state index in [1.54, 1.807) is 0 Å². The van der Waals surface area contributed by atoms with Crippen molar-refractivity contribution in [3.05, 3.63) is 82.3 Å². The van der Waals surface area contributed by atoms with Gasteiger partial charge in [0, 0.05) is 4.47 Å². The molecule has 3 aromatic carbocycles. The van der Waals surface area contributed by atoms with Gasteiger partial charge in [-0.25, -0.2) is 0 Å². The quantitative estimate of drug-likeness (QED) is 0.717. The second kappa shape index (κ2) is 5.04. The minimum Gasteiger partial charge on any atom is -0.318 e. The molecular formula is C18H16BrN. The molecule has 3 rings (SSSR count). The summed E-state index contributed by atoms with van der Waals surface area (Å²) in [7, 11) is 0. The highest BCUT2D eigenvalue weighted by molar-refractivity contribution is 9.10. The molecule has 1 unspecified atom stereocenters. The Morgan fingerprint density at radius 1 is 0.900 bits per heavy atom. The molecule has 0 aliphatic heterocycles. The van der Waals surface area contributed by atoms with Crippen molar-refractivity contribution in [2.24, 2.45) is 5.73 Å². The second-order valence-electron chi connectivity index (χ2n) is 5.24. The first-order valence-corrected chi connectivity index (χ1v) is 7.41. The maximum Gasteiger partial charge on any atom is 0.0643 e. The van der Waals surface area contributed by atoms with Gasteiger partial charge in [0.2, 0.25) is 0 Å². The molecule has 20 heavy (non-hydrogen) atoms. The minimum atomic E-state index is -0.523. The summed E-state index contributed by atoms with van der Waals surface area (Å²) in [6, 6.07) is 22.9. The predicted octanol–water partition coefficient (Wildman–Crippen LogP) is 4.82. The molecule has 0 radical (unpaired) electrons. The molecule has 0 bridgehead atoms. The van der Waals surface area contributed by atoms with Crippen molar-refractivity contribution in [1.82, 2.24) is 0 Å². The zero-order valence-electron chi connectivity index (χ0n) is 11.3. The van der Waals surface area contributed by atoms with Gasteiger partial charge in [-0.1, -0.05) is 70.5 Å². The third-order valence-electron chi connectivity index (χ3n) is 3.77. The van der Waals surface area contributed by atoms with Crippen LogP contribution in [0.15, 0.2) is 71.2 Å². The maximum absolute atomic E-state index is 6.67. The zero-order chi connectivity index (χ0) is 14.2. The summed E-state index contributed by atoms with van der Waals surface area (Å²) < 4.78 is 1.05. The standard InChI is InChI=1S/C18H16BrN/c1-18(20,14-8-5-9-15(19)12-14)17-11-4-7-13-6-2-3-10-16(13)17/h2-12H,20H2,1H3. The third-order valence-corrected chi connectivity index (χ3v) is 4.27. The molecule has 3 aromatic rings. The summed E-state index contributed by atoms with van der Waals surface area (Å²) in [4.78, 5) is 0. The third kappa shape index (κ3) is 2.26. The van der Waals surface area contributed by atoms with Crippen molar-refractivity contribution in [1.29, 1.82) is 0 Å². The van der Waals surface area contributed by atoms with E-state index in [0.29, 0.717) is 0 Å². The molecular weight excluding hydrogens is 310 g/mol. The molecule has 0 saturated heterocycles. The summed E-state index contributed by atoms with van der Waals surface area (Å²) >= 11 is 3.52. The molecule has 0 saturated carbocycles. The van der Waals surface area contributed by atoms with Crippen molar-refractivity contribution in [3.63, 3.8) is 0 Å². The molecule has 1 nitrogen and oxygen atoms in total. The van der Waals surface area contributed by atoms with Crippen LogP contribution in [0.25, 0.3) is 10.8 Å². The van der Waals surface area contributed by atoms with E-state index in [9.17, 15) is 0 Å². The SMILES string of the molecule is CC(N)(c1cccc(Br)c1)c1cccc2ccccc12. The van der Waals surface area contributed by atoms with Gasteiger partial charge in [0.05, 0.1) is 5.54 Å². The predicted molar refractivity (Wildman–Crippen MR) is 88.7 cm³/mol. The Bertz CT molecular complexity index is 757. The number of hydrogen-bond acceptors (Lipinski definition) is 1. The van der Waals surface area contributed by atoms with Crippen LogP contribution in [0.2, 0.25) is 0 Å². The van der Waals surface area contributed by atoms with E-state index in [1.165, 1.54) is 10.8 Å². The van der Waals surface area contributed by atoms with Crippen LogP contribution in [-0.2, 0) is 5.54 Å². The van der Waals surface area contributed by atoms with E-state index in [4.69, 9.17) is 5.73 Å². The fourth-order valence-electron chi connectivity index (χ4n) is 2.65. The van der Waals surface area contributed by atoms with Crippen LogP contribution in [0.1, 0.15) is 18.1 Å². The van der Waals surface area contributed by atoms with Gasteiger partial charge in [-0.2, -0.15) is 0 Å². The first-order valence-electron chi connectivity index (χ1n) is 6.62. The van der Waals surface area contributed by atoms with Crippen molar-refractivity contribution in [2.75, 3.05) is 0 Å². The van der Waals surface area contributed by atoms with Gasteiger partial charge in [-0.05, 0) is 41.0 Å². The highest BCUT2D eigenvalue weighted by Crippen LogP contribution is 2.33. The van der Waals surface area contributed by atoms with Gasteiger partial charge in [-0.3, -0.25) is 0 Å². The smallest absolute Gasteiger partial charge is 0.0643 e. The molecule has 2 N–H and O–H groups in total.